The quantitative estimate of drug-likeness (QED) is 0.798. The van der Waals surface area contributed by atoms with Crippen molar-refractivity contribution in [1.82, 2.24) is 4.90 Å². The molecule has 0 bridgehead atoms. The van der Waals surface area contributed by atoms with Gasteiger partial charge in [-0.05, 0) is 44.3 Å². The summed E-state index contributed by atoms with van der Waals surface area (Å²) in [5, 5.41) is 9.17. The number of thioether (sulfide) groups is 1. The summed E-state index contributed by atoms with van der Waals surface area (Å²) >= 11 is 9.53. The standard InChI is InChI=1S/C11H11Br2NO3S2/c1-2-8-14(6(4-18-8)11(16)17)10(15)7-3-5(12)9(13)19-7/h3,6,8H,2,4H2,1H3,(H,16,17). The zero-order valence-electron chi connectivity index (χ0n) is 9.93. The largest absolute Gasteiger partial charge is 0.480 e. The molecule has 1 aromatic rings. The van der Waals surface area contributed by atoms with Gasteiger partial charge in [0.05, 0.1) is 14.0 Å². The number of aliphatic carboxylic acids is 1. The second-order valence-corrected chi connectivity index (χ2v) is 8.43. The van der Waals surface area contributed by atoms with Crippen molar-refractivity contribution < 1.29 is 14.7 Å². The maximum Gasteiger partial charge on any atom is 0.327 e. The molecular weight excluding hydrogens is 418 g/mol. The lowest BCUT2D eigenvalue weighted by Gasteiger charge is -2.26. The number of hydrogen-bond donors (Lipinski definition) is 1. The Morgan fingerprint density at radius 3 is 2.68 bits per heavy atom. The van der Waals surface area contributed by atoms with Crippen molar-refractivity contribution in [3.8, 4) is 0 Å². The molecular formula is C11H11Br2NO3S2. The summed E-state index contributed by atoms with van der Waals surface area (Å²) in [6, 6.07) is 0.994. The number of rotatable bonds is 3. The molecule has 0 spiro atoms. The van der Waals surface area contributed by atoms with Gasteiger partial charge in [-0.15, -0.1) is 23.1 Å². The number of carbonyl (C=O) groups is 2. The summed E-state index contributed by atoms with van der Waals surface area (Å²) in [4.78, 5) is 25.8. The van der Waals surface area contributed by atoms with Crippen LogP contribution in [0.4, 0.5) is 0 Å². The maximum absolute atomic E-state index is 12.5. The number of nitrogens with zero attached hydrogens (tertiary/aromatic N) is 1. The molecule has 1 aliphatic rings. The number of thiophene rings is 1. The average molecular weight is 429 g/mol. The molecule has 1 amide bonds. The minimum atomic E-state index is -0.938. The lowest BCUT2D eigenvalue weighted by atomic mass is 10.2. The van der Waals surface area contributed by atoms with E-state index in [0.29, 0.717) is 10.6 Å². The van der Waals surface area contributed by atoms with E-state index in [1.165, 1.54) is 28.0 Å². The first-order valence-electron chi connectivity index (χ1n) is 5.57. The van der Waals surface area contributed by atoms with E-state index in [4.69, 9.17) is 0 Å². The van der Waals surface area contributed by atoms with E-state index in [9.17, 15) is 14.7 Å². The van der Waals surface area contributed by atoms with Gasteiger partial charge in [0.2, 0.25) is 0 Å². The molecule has 2 unspecified atom stereocenters. The molecule has 0 saturated carbocycles. The number of amides is 1. The van der Waals surface area contributed by atoms with Crippen LogP contribution in [0.5, 0.6) is 0 Å². The molecule has 8 heteroatoms. The van der Waals surface area contributed by atoms with Crippen LogP contribution in [-0.2, 0) is 4.79 Å². The average Bonchev–Trinajstić information content (AvgIpc) is 2.93. The Morgan fingerprint density at radius 1 is 1.53 bits per heavy atom. The highest BCUT2D eigenvalue weighted by Gasteiger charge is 2.41. The van der Waals surface area contributed by atoms with E-state index >= 15 is 0 Å². The van der Waals surface area contributed by atoms with Gasteiger partial charge in [-0.3, -0.25) is 4.79 Å². The fourth-order valence-corrected chi connectivity index (χ4v) is 5.25. The van der Waals surface area contributed by atoms with Crippen LogP contribution in [0.25, 0.3) is 0 Å². The highest BCUT2D eigenvalue weighted by molar-refractivity contribution is 9.13. The zero-order valence-corrected chi connectivity index (χ0v) is 14.7. The van der Waals surface area contributed by atoms with Crippen molar-refractivity contribution in [3.05, 3.63) is 19.2 Å². The minimum absolute atomic E-state index is 0.0618. The van der Waals surface area contributed by atoms with Crippen LogP contribution in [0.2, 0.25) is 0 Å². The Bertz CT molecular complexity index is 501. The molecule has 1 aliphatic heterocycles. The van der Waals surface area contributed by atoms with Crippen LogP contribution in [0.1, 0.15) is 23.0 Å². The molecule has 1 aromatic heterocycles. The van der Waals surface area contributed by atoms with Gasteiger partial charge in [0.25, 0.3) is 5.91 Å². The van der Waals surface area contributed by atoms with E-state index in [1.54, 1.807) is 6.07 Å². The third-order valence-corrected chi connectivity index (χ3v) is 7.51. The van der Waals surface area contributed by atoms with Crippen LogP contribution in [0, 0.1) is 0 Å². The number of carboxylic acids is 1. The van der Waals surface area contributed by atoms with Crippen molar-refractivity contribution >= 4 is 66.8 Å². The molecule has 104 valence electrons. The highest BCUT2D eigenvalue weighted by atomic mass is 79.9. The molecule has 4 nitrogen and oxygen atoms in total. The predicted octanol–water partition coefficient (Wildman–Crippen LogP) is 3.65. The van der Waals surface area contributed by atoms with Crippen LogP contribution in [-0.4, -0.2) is 39.1 Å². The Hall–Kier alpha value is -0.0500. The first kappa shape index (κ1) is 15.3. The lowest BCUT2D eigenvalue weighted by Crippen LogP contribution is -2.45. The van der Waals surface area contributed by atoms with Gasteiger partial charge in [-0.25, -0.2) is 4.79 Å². The zero-order chi connectivity index (χ0) is 14.2. The third-order valence-electron chi connectivity index (χ3n) is 2.82. The molecule has 0 radical (unpaired) electrons. The molecule has 0 aromatic carbocycles. The van der Waals surface area contributed by atoms with E-state index in [1.807, 2.05) is 6.92 Å². The summed E-state index contributed by atoms with van der Waals surface area (Å²) < 4.78 is 1.65. The normalized spacial score (nSPS) is 22.8. The van der Waals surface area contributed by atoms with E-state index in [0.717, 1.165) is 14.7 Å². The lowest BCUT2D eigenvalue weighted by molar-refractivity contribution is -0.141. The van der Waals surface area contributed by atoms with Crippen LogP contribution in [0.3, 0.4) is 0 Å². The number of carbonyl (C=O) groups excluding carboxylic acids is 1. The first-order valence-corrected chi connectivity index (χ1v) is 9.02. The summed E-state index contributed by atoms with van der Waals surface area (Å²) in [7, 11) is 0. The van der Waals surface area contributed by atoms with Crippen LogP contribution >= 0.6 is 55.0 Å². The van der Waals surface area contributed by atoms with Crippen LogP contribution < -0.4 is 0 Å². The molecule has 2 rings (SSSR count). The van der Waals surface area contributed by atoms with Crippen molar-refractivity contribution in [2.75, 3.05) is 5.75 Å². The minimum Gasteiger partial charge on any atom is -0.480 e. The monoisotopic (exact) mass is 427 g/mol. The van der Waals surface area contributed by atoms with E-state index in [2.05, 4.69) is 31.9 Å². The predicted molar refractivity (Wildman–Crippen MR) is 83.8 cm³/mol. The van der Waals surface area contributed by atoms with Gasteiger partial charge in [-0.2, -0.15) is 0 Å². The van der Waals surface area contributed by atoms with Gasteiger partial charge >= 0.3 is 5.97 Å². The van der Waals surface area contributed by atoms with Crippen molar-refractivity contribution in [2.24, 2.45) is 0 Å². The van der Waals surface area contributed by atoms with Gasteiger partial charge in [0, 0.05) is 10.2 Å². The van der Waals surface area contributed by atoms with Crippen molar-refractivity contribution in [2.45, 2.75) is 24.8 Å². The molecule has 1 saturated heterocycles. The maximum atomic E-state index is 12.5. The second kappa shape index (κ2) is 6.15. The Balaban J connectivity index is 2.30. The highest BCUT2D eigenvalue weighted by Crippen LogP contribution is 2.37. The molecule has 1 fully saturated rings. The van der Waals surface area contributed by atoms with Crippen molar-refractivity contribution in [3.63, 3.8) is 0 Å². The SMILES string of the molecule is CCC1SCC(C(=O)O)N1C(=O)c1cc(Br)c(Br)s1. The molecule has 2 atom stereocenters. The number of halogens is 2. The smallest absolute Gasteiger partial charge is 0.327 e. The van der Waals surface area contributed by atoms with Crippen LogP contribution in [0.15, 0.2) is 14.3 Å². The second-order valence-electron chi connectivity index (χ2n) is 3.99. The molecule has 1 N–H and O–H groups in total. The summed E-state index contributed by atoms with van der Waals surface area (Å²) in [5.41, 5.74) is 0. The van der Waals surface area contributed by atoms with Gasteiger partial charge in [0.1, 0.15) is 6.04 Å². The van der Waals surface area contributed by atoms with E-state index in [-0.39, 0.29) is 11.3 Å². The van der Waals surface area contributed by atoms with Crippen molar-refractivity contribution in [1.29, 1.82) is 0 Å². The first-order chi connectivity index (χ1) is 8.95. The third kappa shape index (κ3) is 3.01. The molecule has 2 heterocycles. The molecule has 19 heavy (non-hydrogen) atoms. The van der Waals surface area contributed by atoms with Gasteiger partial charge < -0.3 is 10.0 Å². The Morgan fingerprint density at radius 2 is 2.21 bits per heavy atom. The molecule has 0 aliphatic carbocycles. The van der Waals surface area contributed by atoms with E-state index < -0.39 is 12.0 Å². The summed E-state index contributed by atoms with van der Waals surface area (Å²) in [6.07, 6.45) is 0.744. The topological polar surface area (TPSA) is 57.6 Å². The fraction of sp³-hybridized carbons (Fsp3) is 0.455. The summed E-state index contributed by atoms with van der Waals surface area (Å²) in [6.45, 7) is 1.96. The number of hydrogen-bond acceptors (Lipinski definition) is 4. The summed E-state index contributed by atoms with van der Waals surface area (Å²) in [5.74, 6) is -0.694. The Labute approximate surface area is 135 Å². The van der Waals surface area contributed by atoms with Gasteiger partial charge in [0.15, 0.2) is 0 Å². The van der Waals surface area contributed by atoms with Gasteiger partial charge in [-0.1, -0.05) is 6.92 Å². The number of carboxylic acid groups (broad SMARTS) is 1. The fourth-order valence-electron chi connectivity index (χ4n) is 1.92. The Kier molecular flexibility index (Phi) is 4.97.